The van der Waals surface area contributed by atoms with E-state index in [1.165, 1.54) is 23.5 Å². The lowest BCUT2D eigenvalue weighted by molar-refractivity contribution is 0.0754. The van der Waals surface area contributed by atoms with E-state index in [1.54, 1.807) is 44.5 Å². The summed E-state index contributed by atoms with van der Waals surface area (Å²) in [7, 11) is -1.10. The fourth-order valence-electron chi connectivity index (χ4n) is 6.00. The smallest absolute Gasteiger partial charge is 0.201 e. The molecule has 3 aliphatic rings. The van der Waals surface area contributed by atoms with E-state index >= 15 is 0 Å². The zero-order valence-corrected chi connectivity index (χ0v) is 23.6. The lowest BCUT2D eigenvalue weighted by Crippen LogP contribution is -2.49. The summed E-state index contributed by atoms with van der Waals surface area (Å²) < 4.78 is 31.2. The fourth-order valence-corrected chi connectivity index (χ4v) is 8.05. The number of carbonyl (C=O) groups is 1. The van der Waals surface area contributed by atoms with Gasteiger partial charge < -0.3 is 0 Å². The average Bonchev–Trinajstić information content (AvgIpc) is 3.34. The third kappa shape index (κ3) is 4.08. The molecule has 4 aromatic rings. The van der Waals surface area contributed by atoms with Crippen LogP contribution in [-0.4, -0.2) is 63.0 Å². The monoisotopic (exact) mass is 577 g/mol. The topological polar surface area (TPSA) is 98.8 Å². The number of halogens is 1. The van der Waals surface area contributed by atoms with Crippen molar-refractivity contribution in [3.8, 4) is 5.69 Å². The van der Waals surface area contributed by atoms with E-state index in [0.717, 1.165) is 35.4 Å². The molecule has 0 bridgehead atoms. The zero-order valence-electron chi connectivity index (χ0n) is 21.9. The van der Waals surface area contributed by atoms with Crippen molar-refractivity contribution in [2.24, 2.45) is 5.41 Å². The average molecular weight is 578 g/mol. The largest absolute Gasteiger partial charge is 0.290 e. The molecular weight excluding hydrogens is 549 g/mol. The highest BCUT2D eigenvalue weighted by molar-refractivity contribution is 7.98. The summed E-state index contributed by atoms with van der Waals surface area (Å²) >= 11 is 1.34. The van der Waals surface area contributed by atoms with Crippen LogP contribution in [0.5, 0.6) is 0 Å². The van der Waals surface area contributed by atoms with Gasteiger partial charge in [0.25, 0.3) is 0 Å². The summed E-state index contributed by atoms with van der Waals surface area (Å²) in [6.07, 6.45) is 11.4. The zero-order chi connectivity index (χ0) is 27.6. The minimum atomic E-state index is -2.92. The summed E-state index contributed by atoms with van der Waals surface area (Å²) in [5, 5.41) is 16.1. The molecule has 12 heteroatoms. The van der Waals surface area contributed by atoms with Gasteiger partial charge in [-0.15, -0.1) is 16.4 Å². The number of allylic oxidation sites excluding steroid dienone is 1. The standard InChI is InChI=1S/C28H28FN7O2S2/c1-34(40(2,38)25-17-32-36(33-25)22-9-10-22)23-6-3-19-13-24-18(16-31-35(24)21-7-4-20(29)5-8-21)14-28(19,15-23)26(37)27-30-11-12-39-27/h4-5,7-8,11-13,16-17,22-23H,2-3,6,9-10,14-15H2,1H3/t23-,28-,40?/m0/s1. The Morgan fingerprint density at radius 1 is 1.20 bits per heavy atom. The van der Waals surface area contributed by atoms with Gasteiger partial charge in [-0.25, -0.2) is 22.6 Å². The van der Waals surface area contributed by atoms with Crippen LogP contribution in [0.1, 0.15) is 59.2 Å². The number of hydrogen-bond donors (Lipinski definition) is 0. The Balaban J connectivity index is 1.25. The minimum Gasteiger partial charge on any atom is -0.290 e. The predicted octanol–water partition coefficient (Wildman–Crippen LogP) is 4.38. The first-order valence-electron chi connectivity index (χ1n) is 13.3. The van der Waals surface area contributed by atoms with E-state index in [2.05, 4.69) is 32.2 Å². The molecule has 2 saturated carbocycles. The van der Waals surface area contributed by atoms with Crippen LogP contribution >= 0.6 is 11.3 Å². The molecule has 206 valence electrons. The number of thiazole rings is 1. The van der Waals surface area contributed by atoms with Gasteiger partial charge in [-0.1, -0.05) is 5.57 Å². The first-order valence-corrected chi connectivity index (χ1v) is 15.8. The molecule has 0 aliphatic heterocycles. The van der Waals surface area contributed by atoms with Gasteiger partial charge in [-0.05, 0) is 87.3 Å². The Labute approximate surface area is 235 Å². The third-order valence-electron chi connectivity index (χ3n) is 8.43. The summed E-state index contributed by atoms with van der Waals surface area (Å²) in [6.45, 7) is 0. The number of hydrogen-bond acceptors (Lipinski definition) is 7. The Morgan fingerprint density at radius 2 is 2.00 bits per heavy atom. The molecule has 2 fully saturated rings. The molecule has 3 atom stereocenters. The van der Waals surface area contributed by atoms with Crippen LogP contribution in [0.25, 0.3) is 11.8 Å². The van der Waals surface area contributed by atoms with Crippen molar-refractivity contribution in [2.45, 2.75) is 55.6 Å². The van der Waals surface area contributed by atoms with Gasteiger partial charge in [0.05, 0.1) is 44.9 Å². The molecule has 0 radical (unpaired) electrons. The van der Waals surface area contributed by atoms with E-state index in [1.807, 2.05) is 12.4 Å². The van der Waals surface area contributed by atoms with E-state index in [4.69, 9.17) is 0 Å². The lowest BCUT2D eigenvalue weighted by atomic mass is 9.61. The van der Waals surface area contributed by atoms with Crippen molar-refractivity contribution >= 4 is 38.8 Å². The normalized spacial score (nSPS) is 23.8. The molecule has 0 N–H and O–H groups in total. The Kier molecular flexibility index (Phi) is 5.92. The van der Waals surface area contributed by atoms with Gasteiger partial charge >= 0.3 is 0 Å². The van der Waals surface area contributed by atoms with Gasteiger partial charge in [-0.2, -0.15) is 15.0 Å². The van der Waals surface area contributed by atoms with Crippen molar-refractivity contribution < 1.29 is 13.4 Å². The van der Waals surface area contributed by atoms with Crippen molar-refractivity contribution in [3.63, 3.8) is 0 Å². The molecule has 0 spiro atoms. The number of aromatic nitrogens is 6. The highest BCUT2D eigenvalue weighted by Crippen LogP contribution is 2.51. The molecule has 40 heavy (non-hydrogen) atoms. The molecular formula is C28H28FN7O2S2. The molecule has 7 rings (SSSR count). The number of benzene rings is 1. The second-order valence-electron chi connectivity index (χ2n) is 10.9. The molecule has 3 aromatic heterocycles. The third-order valence-corrected chi connectivity index (χ3v) is 11.3. The Hall–Kier alpha value is -3.48. The number of fused-ring (bicyclic) bond motifs is 2. The first-order chi connectivity index (χ1) is 19.3. The van der Waals surface area contributed by atoms with Crippen molar-refractivity contribution in [1.29, 1.82) is 0 Å². The number of carbonyl (C=O) groups excluding carboxylic acids is 1. The molecule has 1 unspecified atom stereocenters. The first kappa shape index (κ1) is 25.5. The number of nitrogens with zero attached hydrogens (tertiary/aromatic N) is 7. The maximum Gasteiger partial charge on any atom is 0.201 e. The van der Waals surface area contributed by atoms with Crippen LogP contribution < -0.4 is 0 Å². The maximum atomic E-state index is 14.2. The van der Waals surface area contributed by atoms with E-state index in [0.29, 0.717) is 35.7 Å². The summed E-state index contributed by atoms with van der Waals surface area (Å²) in [6, 6.07) is 6.32. The van der Waals surface area contributed by atoms with Crippen molar-refractivity contribution in [2.75, 3.05) is 7.05 Å². The second-order valence-corrected chi connectivity index (χ2v) is 14.0. The van der Waals surface area contributed by atoms with Crippen molar-refractivity contribution in [1.82, 2.24) is 34.1 Å². The quantitative estimate of drug-likeness (QED) is 0.239. The van der Waals surface area contributed by atoms with Crippen LogP contribution in [0.3, 0.4) is 0 Å². The predicted molar refractivity (Wildman–Crippen MR) is 151 cm³/mol. The Morgan fingerprint density at radius 3 is 2.73 bits per heavy atom. The summed E-state index contributed by atoms with van der Waals surface area (Å²) in [4.78, 5) is 20.2. The van der Waals surface area contributed by atoms with E-state index < -0.39 is 15.1 Å². The SMILES string of the molecule is C=S(=O)(c1cnn(C2CC2)n1)N(C)[C@H]1CCC2=Cc3c(cnn3-c3ccc(F)cc3)C[C@]2(C(=O)c2nccs2)C1. The van der Waals surface area contributed by atoms with Crippen LogP contribution in [0.2, 0.25) is 0 Å². The highest BCUT2D eigenvalue weighted by atomic mass is 32.2. The van der Waals surface area contributed by atoms with Crippen LogP contribution in [0, 0.1) is 11.2 Å². The molecule has 0 saturated heterocycles. The molecule has 3 aliphatic carbocycles. The lowest BCUT2D eigenvalue weighted by Gasteiger charge is -2.46. The highest BCUT2D eigenvalue weighted by Gasteiger charge is 2.51. The van der Waals surface area contributed by atoms with Gasteiger partial charge in [0.15, 0.2) is 10.0 Å². The summed E-state index contributed by atoms with van der Waals surface area (Å²) in [5.41, 5.74) is 2.75. The number of Topliss-reactive ketones (excluding diaryl/α,β-unsaturated/α-hetero) is 1. The number of ketones is 1. The van der Waals surface area contributed by atoms with Gasteiger partial charge in [-0.3, -0.25) is 4.79 Å². The van der Waals surface area contributed by atoms with Gasteiger partial charge in [0.1, 0.15) is 5.82 Å². The minimum absolute atomic E-state index is 0.0257. The molecule has 3 heterocycles. The molecule has 1 aromatic carbocycles. The van der Waals surface area contributed by atoms with Crippen LogP contribution in [0.15, 0.2) is 58.8 Å². The Bertz CT molecular complexity index is 1740. The van der Waals surface area contributed by atoms with Crippen LogP contribution in [0.4, 0.5) is 4.39 Å². The van der Waals surface area contributed by atoms with Gasteiger partial charge in [0.2, 0.25) is 5.78 Å². The molecule has 0 amide bonds. The maximum absolute atomic E-state index is 14.2. The number of rotatable bonds is 7. The fraction of sp³-hybridized carbons (Fsp3) is 0.357. The van der Waals surface area contributed by atoms with Gasteiger partial charge in [0, 0.05) is 17.6 Å². The van der Waals surface area contributed by atoms with E-state index in [9.17, 15) is 13.4 Å². The summed E-state index contributed by atoms with van der Waals surface area (Å²) in [5.74, 6) is 3.76. The molecule has 9 nitrogen and oxygen atoms in total. The second kappa shape index (κ2) is 9.28. The van der Waals surface area contributed by atoms with Crippen LogP contribution in [-0.2, 0) is 16.1 Å². The van der Waals surface area contributed by atoms with Crippen molar-refractivity contribution in [3.05, 3.63) is 75.9 Å². The van der Waals surface area contributed by atoms with E-state index in [-0.39, 0.29) is 23.7 Å².